The lowest BCUT2D eigenvalue weighted by molar-refractivity contribution is -0.599. The summed E-state index contributed by atoms with van der Waals surface area (Å²) >= 11 is 0. The van der Waals surface area contributed by atoms with Crippen molar-refractivity contribution < 1.29 is 14.8 Å². The van der Waals surface area contributed by atoms with Gasteiger partial charge in [-0.15, -0.1) is 0 Å². The lowest BCUT2D eigenvalue weighted by atomic mass is 10.2. The molecule has 0 saturated carbocycles. The maximum absolute atomic E-state index is 10.9. The summed E-state index contributed by atoms with van der Waals surface area (Å²) in [4.78, 5) is 30.1. The lowest BCUT2D eigenvalue weighted by Crippen LogP contribution is -2.64. The lowest BCUT2D eigenvalue weighted by Gasteiger charge is -2.20. The highest BCUT2D eigenvalue weighted by Gasteiger charge is 2.35. The van der Waals surface area contributed by atoms with Crippen LogP contribution in [-0.2, 0) is 0 Å². The van der Waals surface area contributed by atoms with Crippen molar-refractivity contribution in [3.05, 3.63) is 30.3 Å². The third-order valence-electron chi connectivity index (χ3n) is 2.79. The first-order valence-corrected chi connectivity index (χ1v) is 6.31. The summed E-state index contributed by atoms with van der Waals surface area (Å²) < 4.78 is 0. The number of nitrogens with zero attached hydrogens (tertiary/aromatic N) is 3. The quantitative estimate of drug-likeness (QED) is 0.343. The van der Waals surface area contributed by atoms with Crippen molar-refractivity contribution in [3.8, 4) is 0 Å². The van der Waals surface area contributed by atoms with Crippen molar-refractivity contribution in [3.63, 3.8) is 0 Å². The third-order valence-corrected chi connectivity index (χ3v) is 2.79. The summed E-state index contributed by atoms with van der Waals surface area (Å²) in [6.45, 7) is 0.615. The average Bonchev–Trinajstić information content (AvgIpc) is 2.38. The van der Waals surface area contributed by atoms with Crippen molar-refractivity contribution in [1.29, 1.82) is 0 Å². The fourth-order valence-electron chi connectivity index (χ4n) is 1.76. The summed E-state index contributed by atoms with van der Waals surface area (Å²) in [5, 5.41) is 41.8. The first-order chi connectivity index (χ1) is 9.91. The Labute approximate surface area is 118 Å². The zero-order valence-corrected chi connectivity index (χ0v) is 11.1. The molecule has 120 valence electrons. The van der Waals surface area contributed by atoms with E-state index in [1.807, 2.05) is 0 Å². The molecule has 2 unspecified atom stereocenters. The molecule has 0 aromatic rings. The number of nitrogens with one attached hydrogen (secondary N) is 4. The Balaban J connectivity index is 2.84. The van der Waals surface area contributed by atoms with Gasteiger partial charge in [-0.25, -0.2) is 10.6 Å². The molecule has 0 radical (unpaired) electrons. The topological polar surface area (TPSA) is 178 Å². The van der Waals surface area contributed by atoms with E-state index in [1.54, 1.807) is 0 Å². The van der Waals surface area contributed by atoms with E-state index in [0.717, 1.165) is 0 Å². The van der Waals surface area contributed by atoms with Crippen LogP contribution in [0.5, 0.6) is 0 Å². The van der Waals surface area contributed by atoms with Gasteiger partial charge in [0, 0.05) is 13.1 Å². The Bertz CT molecular complexity index is 365. The molecular formula is C8H17N7O6. The number of hydrogen-bond acceptors (Lipinski definition) is 10. The van der Waals surface area contributed by atoms with Crippen LogP contribution in [0.25, 0.3) is 0 Å². The van der Waals surface area contributed by atoms with E-state index in [0.29, 0.717) is 32.4 Å². The van der Waals surface area contributed by atoms with E-state index in [2.05, 4.69) is 21.3 Å². The molecule has 1 aliphatic rings. The molecule has 13 nitrogen and oxygen atoms in total. The van der Waals surface area contributed by atoms with Gasteiger partial charge in [0.1, 0.15) is 0 Å². The van der Waals surface area contributed by atoms with Crippen molar-refractivity contribution >= 4 is 0 Å². The third kappa shape index (κ3) is 5.90. The highest BCUT2D eigenvalue weighted by atomic mass is 16.7. The monoisotopic (exact) mass is 307 g/mol. The summed E-state index contributed by atoms with van der Waals surface area (Å²) in [5.74, 6) is 0. The van der Waals surface area contributed by atoms with Gasteiger partial charge in [-0.05, 0) is 12.8 Å². The standard InChI is InChI=1S/C8H17N7O6/c16-13(17)6-9-4-2-1-3-5-10-7(14(18)19)12-8(11-6)15(20)21/h6-12H,1-5H2. The smallest absolute Gasteiger partial charge is 0.262 e. The predicted molar refractivity (Wildman–Crippen MR) is 68.5 cm³/mol. The maximum atomic E-state index is 10.9. The average molecular weight is 307 g/mol. The van der Waals surface area contributed by atoms with E-state index >= 15 is 0 Å². The minimum atomic E-state index is -1.84. The Kier molecular flexibility index (Phi) is 6.80. The summed E-state index contributed by atoms with van der Waals surface area (Å²) in [5.41, 5.74) is 0. The van der Waals surface area contributed by atoms with Crippen LogP contribution in [0.15, 0.2) is 0 Å². The molecule has 0 aromatic carbocycles. The minimum Gasteiger partial charge on any atom is -0.262 e. The first-order valence-electron chi connectivity index (χ1n) is 6.31. The molecule has 1 heterocycles. The van der Waals surface area contributed by atoms with Crippen LogP contribution in [0, 0.1) is 30.3 Å². The normalized spacial score (nSPS) is 28.9. The van der Waals surface area contributed by atoms with Gasteiger partial charge in [0.05, 0.1) is 14.8 Å². The molecule has 4 N–H and O–H groups in total. The predicted octanol–water partition coefficient (Wildman–Crippen LogP) is -1.79. The second-order valence-electron chi connectivity index (χ2n) is 4.37. The second-order valence-corrected chi connectivity index (χ2v) is 4.37. The Morgan fingerprint density at radius 3 is 1.38 bits per heavy atom. The zero-order valence-electron chi connectivity index (χ0n) is 11.1. The van der Waals surface area contributed by atoms with Gasteiger partial charge in [-0.2, -0.15) is 10.6 Å². The van der Waals surface area contributed by atoms with Gasteiger partial charge in [0.25, 0.3) is 0 Å². The zero-order chi connectivity index (χ0) is 15.8. The molecule has 1 aliphatic heterocycles. The molecule has 21 heavy (non-hydrogen) atoms. The molecule has 2 atom stereocenters. The Morgan fingerprint density at radius 1 is 0.667 bits per heavy atom. The molecule has 0 amide bonds. The summed E-state index contributed by atoms with van der Waals surface area (Å²) in [6, 6.07) is 0. The number of nitro groups is 3. The number of rotatable bonds is 3. The van der Waals surface area contributed by atoms with Crippen molar-refractivity contribution in [2.75, 3.05) is 13.1 Å². The highest BCUT2D eigenvalue weighted by Crippen LogP contribution is 1.97. The van der Waals surface area contributed by atoms with Gasteiger partial charge < -0.3 is 0 Å². The van der Waals surface area contributed by atoms with Gasteiger partial charge in [0.2, 0.25) is 0 Å². The van der Waals surface area contributed by atoms with E-state index < -0.39 is 33.6 Å². The Morgan fingerprint density at radius 2 is 1.05 bits per heavy atom. The largest absolute Gasteiger partial charge is 0.335 e. The first kappa shape index (κ1) is 17.1. The summed E-state index contributed by atoms with van der Waals surface area (Å²) in [7, 11) is 0. The van der Waals surface area contributed by atoms with E-state index in [1.165, 1.54) is 0 Å². The van der Waals surface area contributed by atoms with Crippen LogP contribution >= 0.6 is 0 Å². The highest BCUT2D eigenvalue weighted by molar-refractivity contribution is 4.62. The maximum Gasteiger partial charge on any atom is 0.335 e. The molecule has 1 saturated heterocycles. The van der Waals surface area contributed by atoms with Crippen molar-refractivity contribution in [1.82, 2.24) is 21.3 Å². The second kappa shape index (κ2) is 8.35. The van der Waals surface area contributed by atoms with Crippen LogP contribution in [-0.4, -0.2) is 46.7 Å². The molecule has 13 heteroatoms. The Hall–Kier alpha value is -1.96. The molecule has 0 bridgehead atoms. The SMILES string of the molecule is O=[N+]([O-])C1NCCCCCNC([N+](=O)[O-])NC([N+](=O)[O-])N1. The molecule has 1 fully saturated rings. The molecule has 1 rings (SSSR count). The van der Waals surface area contributed by atoms with Crippen LogP contribution in [0.1, 0.15) is 19.3 Å². The number of hydrogen-bond donors (Lipinski definition) is 4. The van der Waals surface area contributed by atoms with Crippen molar-refractivity contribution in [2.24, 2.45) is 0 Å². The van der Waals surface area contributed by atoms with Crippen LogP contribution in [0.4, 0.5) is 0 Å². The van der Waals surface area contributed by atoms with Gasteiger partial charge >= 0.3 is 18.9 Å². The van der Waals surface area contributed by atoms with Crippen LogP contribution in [0.3, 0.4) is 0 Å². The van der Waals surface area contributed by atoms with Crippen LogP contribution in [0.2, 0.25) is 0 Å². The van der Waals surface area contributed by atoms with Gasteiger partial charge in [0.15, 0.2) is 0 Å². The van der Waals surface area contributed by atoms with E-state index in [4.69, 9.17) is 0 Å². The molecule has 0 aromatic heterocycles. The fourth-order valence-corrected chi connectivity index (χ4v) is 1.76. The molecule has 0 aliphatic carbocycles. The molecule has 0 spiro atoms. The van der Waals surface area contributed by atoms with Crippen LogP contribution < -0.4 is 21.3 Å². The van der Waals surface area contributed by atoms with Crippen molar-refractivity contribution in [2.45, 2.75) is 38.1 Å². The fraction of sp³-hybridized carbons (Fsp3) is 1.00. The van der Waals surface area contributed by atoms with E-state index in [9.17, 15) is 30.3 Å². The molecular weight excluding hydrogens is 290 g/mol. The van der Waals surface area contributed by atoms with Gasteiger partial charge in [-0.1, -0.05) is 6.42 Å². The van der Waals surface area contributed by atoms with E-state index in [-0.39, 0.29) is 0 Å². The minimum absolute atomic E-state index is 0.307. The van der Waals surface area contributed by atoms with Gasteiger partial charge in [-0.3, -0.25) is 30.3 Å². The summed E-state index contributed by atoms with van der Waals surface area (Å²) in [6.07, 6.45) is -3.02.